The van der Waals surface area contributed by atoms with Gasteiger partial charge in [0, 0.05) is 48.0 Å². The standard InChI is InChI=1S/C23H33ClN4O2/c1-4-27(5-2)13-10-25-22(29)16(3)17-8-11-28(12-9-17)23(30)21-15-18-14-19(24)6-7-20(18)26-21/h6-7,14-17,26H,4-5,8-13H2,1-3H3,(H,25,29)/t16-/m1/s1. The highest BCUT2D eigenvalue weighted by Crippen LogP contribution is 2.27. The van der Waals surface area contributed by atoms with E-state index < -0.39 is 0 Å². The van der Waals surface area contributed by atoms with Gasteiger partial charge in [-0.2, -0.15) is 0 Å². The highest BCUT2D eigenvalue weighted by molar-refractivity contribution is 6.31. The molecule has 7 heteroatoms. The molecule has 30 heavy (non-hydrogen) atoms. The number of halogens is 1. The molecule has 1 aromatic heterocycles. The molecular formula is C23H33ClN4O2. The van der Waals surface area contributed by atoms with Crippen LogP contribution in [-0.4, -0.2) is 65.9 Å². The fraction of sp³-hybridized carbons (Fsp3) is 0.565. The van der Waals surface area contributed by atoms with Crippen molar-refractivity contribution in [1.29, 1.82) is 0 Å². The second kappa shape index (κ2) is 10.3. The second-order valence-electron chi connectivity index (χ2n) is 8.15. The molecule has 1 aromatic carbocycles. The molecule has 0 spiro atoms. The van der Waals surface area contributed by atoms with Crippen LogP contribution in [0, 0.1) is 11.8 Å². The van der Waals surface area contributed by atoms with E-state index in [2.05, 4.69) is 29.0 Å². The van der Waals surface area contributed by atoms with Crippen molar-refractivity contribution in [3.63, 3.8) is 0 Å². The zero-order valence-corrected chi connectivity index (χ0v) is 19.0. The van der Waals surface area contributed by atoms with Crippen molar-refractivity contribution in [3.05, 3.63) is 35.0 Å². The van der Waals surface area contributed by atoms with E-state index in [4.69, 9.17) is 11.6 Å². The van der Waals surface area contributed by atoms with Gasteiger partial charge in [-0.25, -0.2) is 0 Å². The number of fused-ring (bicyclic) bond motifs is 1. The zero-order valence-electron chi connectivity index (χ0n) is 18.2. The van der Waals surface area contributed by atoms with Crippen LogP contribution in [0.3, 0.4) is 0 Å². The summed E-state index contributed by atoms with van der Waals surface area (Å²) in [5.41, 5.74) is 1.50. The molecule has 2 N–H and O–H groups in total. The minimum atomic E-state index is -0.0332. The topological polar surface area (TPSA) is 68.4 Å². The number of carbonyl (C=O) groups is 2. The summed E-state index contributed by atoms with van der Waals surface area (Å²) in [6.07, 6.45) is 1.70. The van der Waals surface area contributed by atoms with Crippen molar-refractivity contribution in [2.24, 2.45) is 11.8 Å². The molecule has 3 rings (SSSR count). The normalized spacial score (nSPS) is 16.2. The Bertz CT molecular complexity index is 869. The van der Waals surface area contributed by atoms with Gasteiger partial charge < -0.3 is 20.1 Å². The lowest BCUT2D eigenvalue weighted by atomic mass is 9.84. The molecule has 0 radical (unpaired) electrons. The van der Waals surface area contributed by atoms with E-state index in [1.165, 1.54) is 0 Å². The Labute approximate surface area is 183 Å². The molecule has 0 unspecified atom stereocenters. The number of benzene rings is 1. The maximum Gasteiger partial charge on any atom is 0.270 e. The summed E-state index contributed by atoms with van der Waals surface area (Å²) >= 11 is 6.04. The Balaban J connectivity index is 1.49. The highest BCUT2D eigenvalue weighted by Gasteiger charge is 2.30. The number of aromatic amines is 1. The molecule has 164 valence electrons. The first-order valence-corrected chi connectivity index (χ1v) is 11.4. The maximum absolute atomic E-state index is 12.9. The quantitative estimate of drug-likeness (QED) is 0.667. The minimum Gasteiger partial charge on any atom is -0.355 e. The van der Waals surface area contributed by atoms with Crippen molar-refractivity contribution in [2.45, 2.75) is 33.6 Å². The Morgan fingerprint density at radius 2 is 1.93 bits per heavy atom. The molecular weight excluding hydrogens is 400 g/mol. The molecule has 1 atom stereocenters. The van der Waals surface area contributed by atoms with Gasteiger partial charge >= 0.3 is 0 Å². The minimum absolute atomic E-state index is 0.0112. The average molecular weight is 433 g/mol. The van der Waals surface area contributed by atoms with Crippen LogP contribution in [0.25, 0.3) is 10.9 Å². The Morgan fingerprint density at radius 3 is 2.60 bits per heavy atom. The smallest absolute Gasteiger partial charge is 0.270 e. The number of amides is 2. The Morgan fingerprint density at radius 1 is 1.23 bits per heavy atom. The van der Waals surface area contributed by atoms with E-state index in [1.807, 2.05) is 36.1 Å². The number of likely N-dealkylation sites (tertiary alicyclic amines) is 1. The van der Waals surface area contributed by atoms with Crippen LogP contribution in [0.15, 0.2) is 24.3 Å². The molecule has 1 aliphatic heterocycles. The van der Waals surface area contributed by atoms with E-state index in [9.17, 15) is 9.59 Å². The number of piperidine rings is 1. The molecule has 1 fully saturated rings. The van der Waals surface area contributed by atoms with Gasteiger partial charge in [-0.05, 0) is 56.1 Å². The van der Waals surface area contributed by atoms with Crippen LogP contribution in [0.4, 0.5) is 0 Å². The summed E-state index contributed by atoms with van der Waals surface area (Å²) in [5, 5.41) is 4.68. The lowest BCUT2D eigenvalue weighted by Gasteiger charge is -2.34. The lowest BCUT2D eigenvalue weighted by molar-refractivity contribution is -0.126. The van der Waals surface area contributed by atoms with Crippen LogP contribution in [0.5, 0.6) is 0 Å². The van der Waals surface area contributed by atoms with Crippen LogP contribution in [-0.2, 0) is 4.79 Å². The molecule has 6 nitrogen and oxygen atoms in total. The SMILES string of the molecule is CCN(CC)CCNC(=O)[C@H](C)C1CCN(C(=O)c2cc3cc(Cl)ccc3[nH]2)CC1. The molecule has 0 aliphatic carbocycles. The number of nitrogens with one attached hydrogen (secondary N) is 2. The third-order valence-electron chi connectivity index (χ3n) is 6.38. The number of likely N-dealkylation sites (N-methyl/N-ethyl adjacent to an activating group) is 1. The summed E-state index contributed by atoms with van der Waals surface area (Å²) in [6, 6.07) is 7.42. The van der Waals surface area contributed by atoms with E-state index >= 15 is 0 Å². The van der Waals surface area contributed by atoms with Crippen molar-refractivity contribution in [1.82, 2.24) is 20.1 Å². The van der Waals surface area contributed by atoms with Gasteiger partial charge in [0.2, 0.25) is 5.91 Å². The van der Waals surface area contributed by atoms with E-state index in [-0.39, 0.29) is 17.7 Å². The lowest BCUT2D eigenvalue weighted by Crippen LogP contribution is -2.43. The Hall–Kier alpha value is -2.05. The highest BCUT2D eigenvalue weighted by atomic mass is 35.5. The number of hydrogen-bond donors (Lipinski definition) is 2. The largest absolute Gasteiger partial charge is 0.355 e. The van der Waals surface area contributed by atoms with E-state index in [0.29, 0.717) is 36.3 Å². The van der Waals surface area contributed by atoms with Gasteiger partial charge in [0.05, 0.1) is 0 Å². The fourth-order valence-electron chi connectivity index (χ4n) is 4.24. The van der Waals surface area contributed by atoms with Crippen molar-refractivity contribution >= 4 is 34.3 Å². The van der Waals surface area contributed by atoms with Gasteiger partial charge in [-0.1, -0.05) is 32.4 Å². The first-order chi connectivity index (χ1) is 14.4. The predicted octanol–water partition coefficient (Wildman–Crippen LogP) is 3.77. The zero-order chi connectivity index (χ0) is 21.7. The molecule has 2 heterocycles. The summed E-state index contributed by atoms with van der Waals surface area (Å²) in [4.78, 5) is 32.8. The van der Waals surface area contributed by atoms with Gasteiger partial charge in [0.1, 0.15) is 5.69 Å². The Kier molecular flexibility index (Phi) is 7.78. The summed E-state index contributed by atoms with van der Waals surface area (Å²) in [5.74, 6) is 0.412. The summed E-state index contributed by atoms with van der Waals surface area (Å²) in [7, 11) is 0. The van der Waals surface area contributed by atoms with Gasteiger partial charge in [0.15, 0.2) is 0 Å². The number of carbonyl (C=O) groups excluding carboxylic acids is 2. The molecule has 1 aliphatic rings. The van der Waals surface area contributed by atoms with Crippen molar-refractivity contribution in [3.8, 4) is 0 Å². The van der Waals surface area contributed by atoms with Gasteiger partial charge in [-0.15, -0.1) is 0 Å². The molecule has 1 saturated heterocycles. The van der Waals surface area contributed by atoms with E-state index in [1.54, 1.807) is 0 Å². The van der Waals surface area contributed by atoms with Crippen molar-refractivity contribution < 1.29 is 9.59 Å². The number of hydrogen-bond acceptors (Lipinski definition) is 3. The number of rotatable bonds is 8. The molecule has 2 aromatic rings. The number of nitrogens with zero attached hydrogens (tertiary/aromatic N) is 2. The van der Waals surface area contributed by atoms with E-state index in [0.717, 1.165) is 43.4 Å². The summed E-state index contributed by atoms with van der Waals surface area (Å²) < 4.78 is 0. The molecule has 0 saturated carbocycles. The third-order valence-corrected chi connectivity index (χ3v) is 6.62. The second-order valence-corrected chi connectivity index (χ2v) is 8.59. The van der Waals surface area contributed by atoms with Gasteiger partial charge in [-0.3, -0.25) is 9.59 Å². The summed E-state index contributed by atoms with van der Waals surface area (Å²) in [6.45, 7) is 11.2. The van der Waals surface area contributed by atoms with Crippen LogP contribution in [0.2, 0.25) is 5.02 Å². The van der Waals surface area contributed by atoms with Crippen molar-refractivity contribution in [2.75, 3.05) is 39.3 Å². The van der Waals surface area contributed by atoms with Gasteiger partial charge in [0.25, 0.3) is 5.91 Å². The molecule has 2 amide bonds. The van der Waals surface area contributed by atoms with Crippen LogP contribution < -0.4 is 5.32 Å². The average Bonchev–Trinajstić information content (AvgIpc) is 3.19. The first-order valence-electron chi connectivity index (χ1n) is 11.0. The molecule has 0 bridgehead atoms. The number of H-pyrrole nitrogens is 1. The van der Waals surface area contributed by atoms with Crippen LogP contribution >= 0.6 is 11.6 Å². The maximum atomic E-state index is 12.9. The van der Waals surface area contributed by atoms with Crippen LogP contribution in [0.1, 0.15) is 44.1 Å². The fourth-order valence-corrected chi connectivity index (χ4v) is 4.42. The number of aromatic nitrogens is 1. The monoisotopic (exact) mass is 432 g/mol. The predicted molar refractivity (Wildman–Crippen MR) is 122 cm³/mol. The third kappa shape index (κ3) is 5.35. The first kappa shape index (κ1) is 22.6.